The summed E-state index contributed by atoms with van der Waals surface area (Å²) in [7, 11) is 0. The summed E-state index contributed by atoms with van der Waals surface area (Å²) in [6, 6.07) is 39.6. The van der Waals surface area contributed by atoms with E-state index in [9.17, 15) is 1.37 Å². The summed E-state index contributed by atoms with van der Waals surface area (Å²) in [4.78, 5) is 5.04. The smallest absolute Gasteiger partial charge is 0.145 e. The Bertz CT molecular complexity index is 2870. The molecule has 1 heterocycles. The molecule has 0 aliphatic rings. The molecule has 0 amide bonds. The molecule has 0 bridgehead atoms. The Morgan fingerprint density at radius 3 is 1.89 bits per heavy atom. The van der Waals surface area contributed by atoms with Gasteiger partial charge < -0.3 is 0 Å². The van der Waals surface area contributed by atoms with Gasteiger partial charge in [0.1, 0.15) is 5.82 Å². The Morgan fingerprint density at radius 1 is 0.489 bits per heavy atom. The number of hydrogen-bond donors (Lipinski definition) is 0. The Balaban J connectivity index is 1.38. The average molecular weight is 580 g/mol. The molecule has 0 atom stereocenters. The van der Waals surface area contributed by atoms with Gasteiger partial charge in [-0.15, -0.1) is 0 Å². The van der Waals surface area contributed by atoms with Crippen LogP contribution in [0.25, 0.3) is 82.7 Å². The van der Waals surface area contributed by atoms with Gasteiger partial charge in [0.15, 0.2) is 0 Å². The molecule has 2 nitrogen and oxygen atoms in total. The number of imidazole rings is 1. The van der Waals surface area contributed by atoms with Gasteiger partial charge in [0.05, 0.1) is 20.6 Å². The average Bonchev–Trinajstić information content (AvgIpc) is 3.58. The second kappa shape index (κ2) is 10.3. The van der Waals surface area contributed by atoms with Gasteiger partial charge in [-0.25, -0.2) is 4.98 Å². The van der Waals surface area contributed by atoms with Crippen LogP contribution in [0, 0.1) is 0 Å². The molecule has 9 rings (SSSR count). The molecular weight excluding hydrogens is 544 g/mol. The molecule has 0 radical (unpaired) electrons. The molecule has 0 aliphatic carbocycles. The minimum Gasteiger partial charge on any atom is -0.292 e. The maximum absolute atomic E-state index is 9.21. The summed E-state index contributed by atoms with van der Waals surface area (Å²) < 4.78 is 63.4. The van der Waals surface area contributed by atoms with Crippen LogP contribution in [-0.4, -0.2) is 9.55 Å². The van der Waals surface area contributed by atoms with Crippen LogP contribution in [0.4, 0.5) is 0 Å². The second-order valence-corrected chi connectivity index (χ2v) is 11.0. The Morgan fingerprint density at radius 2 is 1.11 bits per heavy atom. The number of para-hydroxylation sites is 2. The normalized spacial score (nSPS) is 13.7. The highest BCUT2D eigenvalue weighted by molar-refractivity contribution is 6.23. The van der Waals surface area contributed by atoms with Crippen LogP contribution in [-0.2, 0) is 0 Å². The predicted octanol–water partition coefficient (Wildman–Crippen LogP) is 11.5. The van der Waals surface area contributed by atoms with Crippen molar-refractivity contribution in [3.8, 4) is 39.3 Å². The van der Waals surface area contributed by atoms with Crippen molar-refractivity contribution in [3.05, 3.63) is 170 Å². The lowest BCUT2D eigenvalue weighted by Gasteiger charge is -2.19. The summed E-state index contributed by atoms with van der Waals surface area (Å²) in [6.07, 6.45) is 0. The first-order chi connectivity index (χ1) is 25.3. The highest BCUT2D eigenvalue weighted by Gasteiger charge is 2.19. The van der Waals surface area contributed by atoms with Crippen molar-refractivity contribution in [3.63, 3.8) is 0 Å². The minimum atomic E-state index is -0.472. The van der Waals surface area contributed by atoms with Crippen molar-refractivity contribution in [2.45, 2.75) is 0 Å². The molecule has 2 heteroatoms. The molecule has 210 valence electrons. The molecule has 0 saturated carbocycles. The van der Waals surface area contributed by atoms with Crippen LogP contribution >= 0.6 is 0 Å². The van der Waals surface area contributed by atoms with Gasteiger partial charge >= 0.3 is 0 Å². The zero-order chi connectivity index (χ0) is 35.8. The molecule has 0 saturated heterocycles. The molecule has 45 heavy (non-hydrogen) atoms. The number of fused-ring (bicyclic) bond motifs is 4. The van der Waals surface area contributed by atoms with Gasteiger partial charge in [-0.05, 0) is 78.8 Å². The Hall–Kier alpha value is -5.99. The largest absolute Gasteiger partial charge is 0.292 e. The summed E-state index contributed by atoms with van der Waals surface area (Å²) >= 11 is 0. The van der Waals surface area contributed by atoms with Crippen LogP contribution in [0.2, 0.25) is 0 Å². The van der Waals surface area contributed by atoms with E-state index in [1.807, 2.05) is 91.0 Å². The van der Waals surface area contributed by atoms with Gasteiger partial charge in [0.25, 0.3) is 0 Å². The Kier molecular flexibility index (Phi) is 4.43. The van der Waals surface area contributed by atoms with E-state index in [0.29, 0.717) is 5.56 Å². The molecule has 8 aromatic carbocycles. The van der Waals surface area contributed by atoms with Crippen molar-refractivity contribution in [1.82, 2.24) is 9.55 Å². The molecule has 0 aliphatic heterocycles. The van der Waals surface area contributed by atoms with E-state index in [4.69, 9.17) is 13.2 Å². The molecule has 0 spiro atoms. The number of nitrogens with zero attached hydrogens (tertiary/aromatic N) is 2. The third-order valence-corrected chi connectivity index (χ3v) is 8.48. The minimum absolute atomic E-state index is 0.0614. The third kappa shape index (κ3) is 4.07. The highest BCUT2D eigenvalue weighted by atomic mass is 15.1. The van der Waals surface area contributed by atoms with E-state index < -0.39 is 12.1 Å². The summed E-state index contributed by atoms with van der Waals surface area (Å²) in [6.45, 7) is 0. The number of benzene rings is 8. The topological polar surface area (TPSA) is 17.8 Å². The summed E-state index contributed by atoms with van der Waals surface area (Å²) in [5.74, 6) is 0.826. The van der Waals surface area contributed by atoms with Crippen LogP contribution in [0.15, 0.2) is 170 Å². The van der Waals surface area contributed by atoms with Gasteiger partial charge in [-0.1, -0.05) is 145 Å². The quantitative estimate of drug-likeness (QED) is 0.190. The van der Waals surface area contributed by atoms with E-state index in [-0.39, 0.29) is 46.5 Å². The first kappa shape index (κ1) is 19.3. The van der Waals surface area contributed by atoms with E-state index in [2.05, 4.69) is 41.0 Å². The third-order valence-electron chi connectivity index (χ3n) is 8.48. The molecule has 1 aromatic heterocycles. The maximum atomic E-state index is 9.21. The maximum Gasteiger partial charge on any atom is 0.145 e. The van der Waals surface area contributed by atoms with Crippen LogP contribution in [0.5, 0.6) is 0 Å². The number of hydrogen-bond acceptors (Lipinski definition) is 1. The fraction of sp³-hybridized carbons (Fsp3) is 0. The first-order valence-corrected chi connectivity index (χ1v) is 14.8. The molecule has 0 unspecified atom stereocenters. The zero-order valence-corrected chi connectivity index (χ0v) is 24.0. The van der Waals surface area contributed by atoms with Crippen molar-refractivity contribution in [2.24, 2.45) is 0 Å². The SMILES string of the molecule is [2H]c1c([2H])c([2H])c2c(-c3c4ccccc4c(-c4cccc(-n5c(-c6ccccc6)nc6ccccc65)c4)c4ccccc34)c([2H])c([2H])c([2H])c2c1[2H]. The number of aromatic nitrogens is 2. The molecule has 9 aromatic rings. The van der Waals surface area contributed by atoms with Gasteiger partial charge in [-0.3, -0.25) is 4.57 Å². The summed E-state index contributed by atoms with van der Waals surface area (Å²) in [5.41, 5.74) is 6.51. The monoisotopic (exact) mass is 579 g/mol. The molecular formula is C43H28N2. The highest BCUT2D eigenvalue weighted by Crippen LogP contribution is 2.45. The fourth-order valence-corrected chi connectivity index (χ4v) is 6.58. The van der Waals surface area contributed by atoms with E-state index in [0.717, 1.165) is 60.8 Å². The Labute approximate surface area is 271 Å². The van der Waals surface area contributed by atoms with Crippen LogP contribution < -0.4 is 0 Å². The lowest BCUT2D eigenvalue weighted by molar-refractivity contribution is 1.10. The lowest BCUT2D eigenvalue weighted by Crippen LogP contribution is -1.98. The first-order valence-electron chi connectivity index (χ1n) is 18.3. The lowest BCUT2D eigenvalue weighted by atomic mass is 9.84. The standard InChI is InChI=1S/C43H28N2/c1-2-15-30(16-3-1)43-44-39-26-10-11-27-40(39)45(43)32-19-12-18-31(28-32)41-35-21-6-8-23-37(35)42(38-24-9-7-22-36(38)41)34-25-13-17-29-14-4-5-20-33(29)34/h1-28H/i4D,5D,13D,14D,17D,20D,25D. The predicted molar refractivity (Wildman–Crippen MR) is 190 cm³/mol. The van der Waals surface area contributed by atoms with Crippen molar-refractivity contribution >= 4 is 43.4 Å². The number of rotatable bonds is 4. The van der Waals surface area contributed by atoms with Crippen molar-refractivity contribution in [1.29, 1.82) is 0 Å². The van der Waals surface area contributed by atoms with E-state index in [1.165, 1.54) is 0 Å². The van der Waals surface area contributed by atoms with Crippen molar-refractivity contribution in [2.75, 3.05) is 0 Å². The van der Waals surface area contributed by atoms with E-state index >= 15 is 0 Å². The van der Waals surface area contributed by atoms with E-state index in [1.54, 1.807) is 0 Å². The zero-order valence-electron chi connectivity index (χ0n) is 31.0. The van der Waals surface area contributed by atoms with Crippen LogP contribution in [0.3, 0.4) is 0 Å². The fourth-order valence-electron chi connectivity index (χ4n) is 6.58. The summed E-state index contributed by atoms with van der Waals surface area (Å²) in [5, 5.41) is 3.29. The second-order valence-electron chi connectivity index (χ2n) is 11.0. The van der Waals surface area contributed by atoms with Crippen molar-refractivity contribution < 1.29 is 9.60 Å². The van der Waals surface area contributed by atoms with Gasteiger partial charge in [0, 0.05) is 11.3 Å². The molecule has 0 N–H and O–H groups in total. The molecule has 0 fully saturated rings. The van der Waals surface area contributed by atoms with Gasteiger partial charge in [-0.2, -0.15) is 0 Å². The van der Waals surface area contributed by atoms with Gasteiger partial charge in [0.2, 0.25) is 0 Å². The van der Waals surface area contributed by atoms with Crippen LogP contribution in [0.1, 0.15) is 9.60 Å².